The van der Waals surface area contributed by atoms with Gasteiger partial charge < -0.3 is 9.67 Å². The highest BCUT2D eigenvalue weighted by molar-refractivity contribution is 6.02. The lowest BCUT2D eigenvalue weighted by atomic mass is 10.0. The van der Waals surface area contributed by atoms with E-state index in [4.69, 9.17) is 5.11 Å². The van der Waals surface area contributed by atoms with Crippen LogP contribution in [0.25, 0.3) is 10.9 Å². The largest absolute Gasteiger partial charge is 0.478 e. The molecule has 0 bridgehead atoms. The number of nitrogens with zero attached hydrogens (tertiary/aromatic N) is 1. The Morgan fingerprint density at radius 1 is 1.39 bits per heavy atom. The number of aromatic nitrogens is 1. The van der Waals surface area contributed by atoms with Crippen molar-refractivity contribution in [1.29, 1.82) is 0 Å². The topological polar surface area (TPSA) is 59.3 Å². The van der Waals surface area contributed by atoms with E-state index in [1.165, 1.54) is 0 Å². The van der Waals surface area contributed by atoms with Gasteiger partial charge >= 0.3 is 5.97 Å². The second-order valence-electron chi connectivity index (χ2n) is 4.18. The van der Waals surface area contributed by atoms with Gasteiger partial charge in [0, 0.05) is 23.7 Å². The lowest BCUT2D eigenvalue weighted by Gasteiger charge is -2.07. The van der Waals surface area contributed by atoms with Crippen molar-refractivity contribution in [2.75, 3.05) is 0 Å². The van der Waals surface area contributed by atoms with Crippen molar-refractivity contribution in [2.24, 2.45) is 0 Å². The fraction of sp³-hybridized carbons (Fsp3) is 0.286. The summed E-state index contributed by atoms with van der Waals surface area (Å²) in [5.41, 5.74) is 2.70. The van der Waals surface area contributed by atoms with Gasteiger partial charge in [0.2, 0.25) is 0 Å². The van der Waals surface area contributed by atoms with Crippen molar-refractivity contribution in [3.63, 3.8) is 0 Å². The molecule has 4 nitrogen and oxygen atoms in total. The molecule has 1 aromatic carbocycles. The summed E-state index contributed by atoms with van der Waals surface area (Å²) in [6.07, 6.45) is 3.29. The number of aryl methyl sites for hydroxylation is 2. The van der Waals surface area contributed by atoms with Gasteiger partial charge in [0.15, 0.2) is 6.29 Å². The number of carboxylic acid groups (broad SMARTS) is 1. The number of aromatic carboxylic acids is 1. The predicted molar refractivity (Wildman–Crippen MR) is 69.3 cm³/mol. The van der Waals surface area contributed by atoms with Crippen LogP contribution in [-0.2, 0) is 13.0 Å². The van der Waals surface area contributed by atoms with E-state index in [-0.39, 0.29) is 5.56 Å². The summed E-state index contributed by atoms with van der Waals surface area (Å²) in [5, 5.41) is 9.82. The number of carbonyl (C=O) groups is 2. The molecule has 0 unspecified atom stereocenters. The van der Waals surface area contributed by atoms with Crippen molar-refractivity contribution >= 4 is 23.2 Å². The van der Waals surface area contributed by atoms with Gasteiger partial charge in [-0.25, -0.2) is 4.79 Å². The predicted octanol–water partition coefficient (Wildman–Crippen LogP) is 2.73. The van der Waals surface area contributed by atoms with E-state index in [0.29, 0.717) is 5.56 Å². The van der Waals surface area contributed by atoms with Crippen molar-refractivity contribution < 1.29 is 14.7 Å². The molecule has 0 saturated carbocycles. The summed E-state index contributed by atoms with van der Waals surface area (Å²) >= 11 is 0. The highest BCUT2D eigenvalue weighted by Gasteiger charge is 2.14. The quantitative estimate of drug-likeness (QED) is 0.842. The summed E-state index contributed by atoms with van der Waals surface area (Å²) in [6.45, 7) is 4.73. The molecule has 1 N–H and O–H groups in total. The summed E-state index contributed by atoms with van der Waals surface area (Å²) in [5.74, 6) is -0.965. The standard InChI is InChI=1S/C14H15NO3/c1-3-9-5-10(14(17)18)6-12-11(8-16)7-15(4-2)13(9)12/h5-8H,3-4H2,1-2H3,(H,17,18). The van der Waals surface area contributed by atoms with Gasteiger partial charge in [-0.1, -0.05) is 6.92 Å². The zero-order valence-electron chi connectivity index (χ0n) is 10.4. The van der Waals surface area contributed by atoms with Gasteiger partial charge in [-0.2, -0.15) is 0 Å². The minimum atomic E-state index is -0.965. The Morgan fingerprint density at radius 3 is 2.61 bits per heavy atom. The van der Waals surface area contributed by atoms with Crippen molar-refractivity contribution in [3.8, 4) is 0 Å². The first-order valence-electron chi connectivity index (χ1n) is 5.96. The molecule has 0 radical (unpaired) electrons. The molecule has 0 atom stereocenters. The third-order valence-electron chi connectivity index (χ3n) is 3.18. The first-order valence-corrected chi connectivity index (χ1v) is 5.96. The van der Waals surface area contributed by atoms with Crippen LogP contribution in [0, 0.1) is 0 Å². The zero-order valence-corrected chi connectivity index (χ0v) is 10.4. The Bertz CT molecular complexity index is 625. The summed E-state index contributed by atoms with van der Waals surface area (Å²) in [4.78, 5) is 22.2. The molecule has 1 aromatic heterocycles. The average molecular weight is 245 g/mol. The first kappa shape index (κ1) is 12.4. The maximum atomic E-state index is 11.1. The van der Waals surface area contributed by atoms with Crippen molar-refractivity contribution in [3.05, 3.63) is 35.0 Å². The summed E-state index contributed by atoms with van der Waals surface area (Å²) in [7, 11) is 0. The number of carboxylic acids is 1. The maximum absolute atomic E-state index is 11.1. The van der Waals surface area contributed by atoms with Crippen LogP contribution >= 0.6 is 0 Å². The van der Waals surface area contributed by atoms with Gasteiger partial charge in [-0.3, -0.25) is 4.79 Å². The normalized spacial score (nSPS) is 10.8. The third kappa shape index (κ3) is 1.79. The molecule has 0 saturated heterocycles. The Morgan fingerprint density at radius 2 is 2.11 bits per heavy atom. The summed E-state index contributed by atoms with van der Waals surface area (Å²) in [6, 6.07) is 3.26. The van der Waals surface area contributed by atoms with Crippen LogP contribution in [0.15, 0.2) is 18.3 Å². The van der Waals surface area contributed by atoms with Gasteiger partial charge in [-0.05, 0) is 31.0 Å². The lowest BCUT2D eigenvalue weighted by Crippen LogP contribution is -2.00. The molecule has 18 heavy (non-hydrogen) atoms. The molecular formula is C14H15NO3. The number of fused-ring (bicyclic) bond motifs is 1. The van der Waals surface area contributed by atoms with E-state index in [1.54, 1.807) is 18.3 Å². The number of aldehydes is 1. The Labute approximate surface area is 105 Å². The first-order chi connectivity index (χ1) is 8.62. The third-order valence-corrected chi connectivity index (χ3v) is 3.18. The van der Waals surface area contributed by atoms with Gasteiger partial charge in [0.25, 0.3) is 0 Å². The van der Waals surface area contributed by atoms with Gasteiger partial charge in [-0.15, -0.1) is 0 Å². The van der Waals surface area contributed by atoms with Crippen LogP contribution in [0.4, 0.5) is 0 Å². The molecule has 2 aromatic rings. The SMILES string of the molecule is CCc1cc(C(=O)O)cc2c(C=O)cn(CC)c12. The lowest BCUT2D eigenvalue weighted by molar-refractivity contribution is 0.0696. The highest BCUT2D eigenvalue weighted by atomic mass is 16.4. The van der Waals surface area contributed by atoms with Crippen LogP contribution in [-0.4, -0.2) is 21.9 Å². The van der Waals surface area contributed by atoms with E-state index in [2.05, 4.69) is 0 Å². The van der Waals surface area contributed by atoms with Crippen LogP contribution in [0.5, 0.6) is 0 Å². The molecule has 0 aliphatic carbocycles. The summed E-state index contributed by atoms with van der Waals surface area (Å²) < 4.78 is 1.99. The Balaban J connectivity index is 2.88. The van der Waals surface area contributed by atoms with E-state index >= 15 is 0 Å². The molecule has 0 aliphatic heterocycles. The molecule has 94 valence electrons. The number of carbonyl (C=O) groups excluding carboxylic acids is 1. The second kappa shape index (κ2) is 4.64. The van der Waals surface area contributed by atoms with Crippen LogP contribution in [0.2, 0.25) is 0 Å². The number of benzene rings is 1. The number of hydrogen-bond acceptors (Lipinski definition) is 2. The van der Waals surface area contributed by atoms with E-state index in [1.807, 2.05) is 18.4 Å². The molecule has 4 heteroatoms. The molecule has 0 fully saturated rings. The van der Waals surface area contributed by atoms with Gasteiger partial charge in [0.1, 0.15) is 0 Å². The second-order valence-corrected chi connectivity index (χ2v) is 4.18. The van der Waals surface area contributed by atoms with E-state index in [9.17, 15) is 9.59 Å². The van der Waals surface area contributed by atoms with Crippen LogP contribution in [0.1, 0.15) is 40.1 Å². The fourth-order valence-corrected chi connectivity index (χ4v) is 2.29. The minimum absolute atomic E-state index is 0.233. The average Bonchev–Trinajstić information content (AvgIpc) is 2.75. The van der Waals surface area contributed by atoms with Gasteiger partial charge in [0.05, 0.1) is 11.1 Å². The molecule has 0 amide bonds. The van der Waals surface area contributed by atoms with Crippen LogP contribution in [0.3, 0.4) is 0 Å². The van der Waals surface area contributed by atoms with Crippen molar-refractivity contribution in [2.45, 2.75) is 26.8 Å². The minimum Gasteiger partial charge on any atom is -0.478 e. The van der Waals surface area contributed by atoms with E-state index < -0.39 is 5.97 Å². The fourth-order valence-electron chi connectivity index (χ4n) is 2.29. The monoisotopic (exact) mass is 245 g/mol. The number of hydrogen-bond donors (Lipinski definition) is 1. The smallest absolute Gasteiger partial charge is 0.335 e. The molecular weight excluding hydrogens is 230 g/mol. The molecule has 0 aliphatic rings. The Kier molecular flexibility index (Phi) is 3.19. The van der Waals surface area contributed by atoms with E-state index in [0.717, 1.165) is 35.7 Å². The maximum Gasteiger partial charge on any atom is 0.335 e. The number of rotatable bonds is 4. The molecule has 2 rings (SSSR count). The Hall–Kier alpha value is -2.10. The van der Waals surface area contributed by atoms with Crippen LogP contribution < -0.4 is 0 Å². The highest BCUT2D eigenvalue weighted by Crippen LogP contribution is 2.26. The molecule has 0 spiro atoms. The molecule has 1 heterocycles. The van der Waals surface area contributed by atoms with Crippen molar-refractivity contribution in [1.82, 2.24) is 4.57 Å². The zero-order chi connectivity index (χ0) is 13.3.